The van der Waals surface area contributed by atoms with Crippen molar-refractivity contribution in [1.29, 1.82) is 0 Å². The molecule has 3 rings (SSSR count). The zero-order valence-corrected chi connectivity index (χ0v) is 13.8. The minimum absolute atomic E-state index is 0.121. The van der Waals surface area contributed by atoms with E-state index in [0.717, 1.165) is 5.56 Å². The van der Waals surface area contributed by atoms with Gasteiger partial charge in [0.05, 0.1) is 0 Å². The Balaban J connectivity index is 1.92. The van der Waals surface area contributed by atoms with Crippen molar-refractivity contribution in [2.45, 2.75) is 12.1 Å². The Morgan fingerprint density at radius 2 is 1.64 bits per heavy atom. The Morgan fingerprint density at radius 3 is 2.23 bits per heavy atom. The zero-order chi connectivity index (χ0) is 15.5. The van der Waals surface area contributed by atoms with E-state index in [2.05, 4.69) is 8.93 Å². The smallest absolute Gasteiger partial charge is 0.262 e. The second-order valence-corrected chi connectivity index (χ2v) is 6.07. The first-order valence-corrected chi connectivity index (χ1v) is 9.54. The summed E-state index contributed by atoms with van der Waals surface area (Å²) in [4.78, 5) is 26.2. The van der Waals surface area contributed by atoms with Gasteiger partial charge in [0.25, 0.3) is 11.8 Å². The van der Waals surface area contributed by atoms with Crippen molar-refractivity contribution < 1.29 is 14.1 Å². The van der Waals surface area contributed by atoms with Gasteiger partial charge in [0.2, 0.25) is 0 Å². The van der Waals surface area contributed by atoms with Crippen molar-refractivity contribution in [3.8, 4) is 0 Å². The van der Waals surface area contributed by atoms with Crippen LogP contribution in [-0.2, 0) is 9.32 Å². The molecule has 1 heterocycles. The number of carbonyl (C=O) groups is 2. The van der Waals surface area contributed by atoms with Crippen molar-refractivity contribution >= 4 is 29.2 Å². The van der Waals surface area contributed by atoms with E-state index in [-0.39, 0.29) is 26.4 Å². The summed E-state index contributed by atoms with van der Waals surface area (Å²) >= 11 is 0. The summed E-state index contributed by atoms with van der Waals surface area (Å²) in [6.45, 7) is 0. The van der Waals surface area contributed by atoms with E-state index < -0.39 is 6.10 Å². The van der Waals surface area contributed by atoms with Gasteiger partial charge in [-0.3, -0.25) is 14.5 Å². The molecule has 0 spiro atoms. The molecule has 2 unspecified atom stereocenters. The van der Waals surface area contributed by atoms with Crippen LogP contribution in [0.1, 0.15) is 22.0 Å². The highest BCUT2D eigenvalue weighted by molar-refractivity contribution is 8.00. The maximum atomic E-state index is 12.6. The van der Waals surface area contributed by atoms with Crippen LogP contribution in [0.15, 0.2) is 60.7 Å². The third kappa shape index (κ3) is 2.70. The Hall–Kier alpha value is -1.60. The lowest BCUT2D eigenvalue weighted by molar-refractivity contribution is -0.156. The van der Waals surface area contributed by atoms with Gasteiger partial charge in [-0.2, -0.15) is 0 Å². The predicted octanol–water partition coefficient (Wildman–Crippen LogP) is 3.18. The summed E-state index contributed by atoms with van der Waals surface area (Å²) in [7, 11) is 2.58. The van der Waals surface area contributed by atoms with Gasteiger partial charge in [0.15, 0.2) is 6.10 Å². The molecule has 22 heavy (non-hydrogen) atoms. The minimum Gasteiger partial charge on any atom is -0.343 e. The Kier molecular flexibility index (Phi) is 4.63. The van der Waals surface area contributed by atoms with Crippen molar-refractivity contribution in [3.63, 3.8) is 0 Å². The molecule has 4 nitrogen and oxygen atoms in total. The molecule has 0 saturated carbocycles. The van der Waals surface area contributed by atoms with Crippen LogP contribution in [0.2, 0.25) is 0 Å². The fraction of sp³-hybridized carbons (Fsp3) is 0.125. The number of likely N-dealkylation sites (tertiary alicyclic amines) is 1. The van der Waals surface area contributed by atoms with Crippen LogP contribution in [0, 0.1) is 0 Å². The molecule has 4 atom stereocenters. The molecule has 112 valence electrons. The van der Waals surface area contributed by atoms with E-state index in [9.17, 15) is 9.59 Å². The van der Waals surface area contributed by atoms with E-state index in [0.29, 0.717) is 5.56 Å². The number of β-lactam (4-membered cyclic amide) rings is 1. The van der Waals surface area contributed by atoms with E-state index in [1.807, 2.05) is 36.4 Å². The molecule has 6 heteroatoms. The normalized spacial score (nSPS) is 21.1. The molecule has 2 amide bonds. The monoisotopic (exact) mass is 331 g/mol. The largest absolute Gasteiger partial charge is 0.343 e. The first kappa shape index (κ1) is 15.3. The summed E-state index contributed by atoms with van der Waals surface area (Å²) in [5.74, 6) is -0.566. The molecular weight excluding hydrogens is 316 g/mol. The number of imide groups is 1. The number of carbonyl (C=O) groups excluding carboxylic acids is 2. The summed E-state index contributed by atoms with van der Waals surface area (Å²) in [6.07, 6.45) is -0.592. The fourth-order valence-electron chi connectivity index (χ4n) is 2.57. The zero-order valence-electron chi connectivity index (χ0n) is 11.7. The first-order chi connectivity index (χ1) is 10.7. The number of rotatable bonds is 4. The number of benzene rings is 2. The number of nitrogens with zero attached hydrogens (tertiary/aromatic N) is 1. The highest BCUT2D eigenvalue weighted by Gasteiger charge is 2.52. The number of hydrogen-bond acceptors (Lipinski definition) is 3. The van der Waals surface area contributed by atoms with Crippen molar-refractivity contribution in [1.82, 2.24) is 4.90 Å². The third-order valence-corrected chi connectivity index (χ3v) is 4.42. The van der Waals surface area contributed by atoms with Gasteiger partial charge in [-0.25, -0.2) is 0 Å². The lowest BCUT2D eigenvalue weighted by Crippen LogP contribution is -2.61. The maximum absolute atomic E-state index is 12.6. The Morgan fingerprint density at radius 1 is 1.05 bits per heavy atom. The Bertz CT molecular complexity index is 678. The molecule has 0 aromatic heterocycles. The van der Waals surface area contributed by atoms with Crippen molar-refractivity contribution in [2.75, 3.05) is 0 Å². The fourth-order valence-corrected chi connectivity index (χ4v) is 3.39. The molecule has 0 radical (unpaired) electrons. The van der Waals surface area contributed by atoms with Crippen LogP contribution in [-0.4, -0.2) is 22.8 Å². The van der Waals surface area contributed by atoms with Gasteiger partial charge in [0.1, 0.15) is 6.04 Å². The van der Waals surface area contributed by atoms with Crippen LogP contribution in [0.4, 0.5) is 0 Å². The van der Waals surface area contributed by atoms with Crippen LogP contribution < -0.4 is 0 Å². The van der Waals surface area contributed by atoms with Gasteiger partial charge in [-0.05, 0) is 17.7 Å². The molecule has 2 aromatic carbocycles. The van der Waals surface area contributed by atoms with E-state index >= 15 is 0 Å². The minimum atomic E-state index is -0.592. The number of hydrogen-bond donors (Lipinski definition) is 0. The molecule has 0 N–H and O–H groups in total. The van der Waals surface area contributed by atoms with Crippen LogP contribution in [0.3, 0.4) is 0 Å². The van der Waals surface area contributed by atoms with E-state index in [1.165, 1.54) is 4.90 Å². The van der Waals surface area contributed by atoms with Gasteiger partial charge in [0, 0.05) is 14.1 Å². The van der Waals surface area contributed by atoms with Gasteiger partial charge >= 0.3 is 0 Å². The molecule has 1 aliphatic heterocycles. The molecule has 0 aliphatic carbocycles. The first-order valence-electron chi connectivity index (χ1n) is 6.82. The quantitative estimate of drug-likeness (QED) is 0.491. The van der Waals surface area contributed by atoms with Gasteiger partial charge < -0.3 is 4.52 Å². The Labute approximate surface area is 132 Å². The summed E-state index contributed by atoms with van der Waals surface area (Å²) in [5.41, 5.74) is 1.41. The lowest BCUT2D eigenvalue weighted by atomic mass is 9.90. The molecule has 1 aliphatic rings. The van der Waals surface area contributed by atoms with Crippen LogP contribution >= 0.6 is 17.4 Å². The average molecular weight is 331 g/mol. The van der Waals surface area contributed by atoms with Crippen molar-refractivity contribution in [3.05, 3.63) is 71.8 Å². The molecule has 1 saturated heterocycles. The van der Waals surface area contributed by atoms with Crippen LogP contribution in [0.25, 0.3) is 0 Å². The molecule has 1 fully saturated rings. The predicted molar refractivity (Wildman–Crippen MR) is 89.7 cm³/mol. The SMILES string of the molecule is O=C(c1ccccc1)N1C(=O)[C@H](OPP)[C@H]1c1ccccc1. The highest BCUT2D eigenvalue weighted by Crippen LogP contribution is 2.42. The second-order valence-electron chi connectivity index (χ2n) is 4.89. The van der Waals surface area contributed by atoms with Gasteiger partial charge in [-0.15, -0.1) is 0 Å². The second kappa shape index (κ2) is 6.66. The standard InChI is InChI=1S/C16H15NO3P2/c18-15(12-9-5-2-6-10-12)17-13(11-7-3-1-4-8-11)14(16(17)19)20-22-21/h1-10,13-14,22H,21H2/t13-,14-/m1/s1. The van der Waals surface area contributed by atoms with Gasteiger partial charge in [-0.1, -0.05) is 57.5 Å². The topological polar surface area (TPSA) is 46.6 Å². The lowest BCUT2D eigenvalue weighted by Gasteiger charge is -2.45. The summed E-state index contributed by atoms with van der Waals surface area (Å²) < 4.78 is 5.52. The average Bonchev–Trinajstić information content (AvgIpc) is 2.58. The molecule has 0 bridgehead atoms. The van der Waals surface area contributed by atoms with Crippen LogP contribution in [0.5, 0.6) is 0 Å². The molecular formula is C16H15NO3P2. The van der Waals surface area contributed by atoms with Crippen molar-refractivity contribution in [2.24, 2.45) is 0 Å². The van der Waals surface area contributed by atoms with E-state index in [4.69, 9.17) is 4.52 Å². The van der Waals surface area contributed by atoms with E-state index in [1.54, 1.807) is 24.3 Å². The third-order valence-electron chi connectivity index (χ3n) is 3.62. The highest BCUT2D eigenvalue weighted by atomic mass is 32.0. The summed E-state index contributed by atoms with van der Waals surface area (Å²) in [5, 5.41) is 0. The number of amides is 2. The molecule has 2 aromatic rings. The maximum Gasteiger partial charge on any atom is 0.262 e. The summed E-state index contributed by atoms with van der Waals surface area (Å²) in [6, 6.07) is 18.0.